The van der Waals surface area contributed by atoms with E-state index in [1.54, 1.807) is 42.1 Å². The van der Waals surface area contributed by atoms with Crippen molar-refractivity contribution in [1.29, 1.82) is 0 Å². The molecule has 104 valence electrons. The summed E-state index contributed by atoms with van der Waals surface area (Å²) in [7, 11) is 1.69. The Morgan fingerprint density at radius 3 is 2.65 bits per heavy atom. The van der Waals surface area contributed by atoms with Gasteiger partial charge in [0.15, 0.2) is 6.29 Å². The van der Waals surface area contributed by atoms with Gasteiger partial charge in [0.2, 0.25) is 5.91 Å². The van der Waals surface area contributed by atoms with E-state index in [9.17, 15) is 14.7 Å². The summed E-state index contributed by atoms with van der Waals surface area (Å²) in [6.45, 7) is 0.461. The van der Waals surface area contributed by atoms with Crippen LogP contribution in [0.1, 0.15) is 16.9 Å². The van der Waals surface area contributed by atoms with Crippen LogP contribution in [0, 0.1) is 0 Å². The molecule has 1 N–H and O–H groups in total. The number of aldehydes is 1. The van der Waals surface area contributed by atoms with E-state index in [1.165, 1.54) is 17.0 Å². The molecule has 1 aromatic heterocycles. The van der Waals surface area contributed by atoms with E-state index in [0.29, 0.717) is 18.7 Å². The first-order chi connectivity index (χ1) is 9.61. The molecular weight excluding hydrogens is 256 g/mol. The Morgan fingerprint density at radius 2 is 2.00 bits per heavy atom. The summed E-state index contributed by atoms with van der Waals surface area (Å²) in [5.74, 6) is 0.110. The summed E-state index contributed by atoms with van der Waals surface area (Å²) in [5, 5.41) is 9.22. The first-order valence-electron chi connectivity index (χ1n) is 6.27. The number of anilines is 1. The van der Waals surface area contributed by atoms with Gasteiger partial charge in [0.1, 0.15) is 5.75 Å². The summed E-state index contributed by atoms with van der Waals surface area (Å²) in [6.07, 6.45) is 2.85. The second-order valence-corrected chi connectivity index (χ2v) is 4.46. The number of carbonyl (C=O) groups excluding carboxylic acids is 2. The highest BCUT2D eigenvalue weighted by Gasteiger charge is 2.11. The lowest BCUT2D eigenvalue weighted by Crippen LogP contribution is -2.27. The highest BCUT2D eigenvalue weighted by Crippen LogP contribution is 2.18. The fourth-order valence-electron chi connectivity index (χ4n) is 1.94. The van der Waals surface area contributed by atoms with Crippen LogP contribution in [0.5, 0.6) is 5.75 Å². The van der Waals surface area contributed by atoms with E-state index in [0.717, 1.165) is 12.0 Å². The van der Waals surface area contributed by atoms with Gasteiger partial charge in [-0.3, -0.25) is 9.59 Å². The lowest BCUT2D eigenvalue weighted by atomic mass is 10.2. The van der Waals surface area contributed by atoms with Crippen LogP contribution in [0.15, 0.2) is 42.6 Å². The van der Waals surface area contributed by atoms with E-state index >= 15 is 0 Å². The van der Waals surface area contributed by atoms with Crippen molar-refractivity contribution in [3.8, 4) is 5.75 Å². The molecule has 1 heterocycles. The highest BCUT2D eigenvalue weighted by molar-refractivity contribution is 5.92. The molecule has 0 saturated heterocycles. The van der Waals surface area contributed by atoms with Gasteiger partial charge in [-0.15, -0.1) is 0 Å². The zero-order chi connectivity index (χ0) is 14.5. The van der Waals surface area contributed by atoms with Crippen LogP contribution in [0.3, 0.4) is 0 Å². The molecule has 0 spiro atoms. The predicted octanol–water partition coefficient (Wildman–Crippen LogP) is 2.06. The number of nitrogens with zero attached hydrogens (tertiary/aromatic N) is 2. The second-order valence-electron chi connectivity index (χ2n) is 4.46. The number of rotatable bonds is 5. The van der Waals surface area contributed by atoms with E-state index in [1.807, 2.05) is 0 Å². The molecule has 0 aliphatic carbocycles. The molecule has 5 nitrogen and oxygen atoms in total. The summed E-state index contributed by atoms with van der Waals surface area (Å²) < 4.78 is 1.75. The molecule has 0 fully saturated rings. The zero-order valence-corrected chi connectivity index (χ0v) is 11.2. The van der Waals surface area contributed by atoms with E-state index < -0.39 is 0 Å². The molecule has 20 heavy (non-hydrogen) atoms. The molecule has 2 aromatic rings. The van der Waals surface area contributed by atoms with Gasteiger partial charge in [0.05, 0.1) is 5.69 Å². The summed E-state index contributed by atoms with van der Waals surface area (Å²) in [5.41, 5.74) is 1.28. The van der Waals surface area contributed by atoms with Crippen molar-refractivity contribution in [2.45, 2.75) is 13.0 Å². The SMILES string of the molecule is CN(C(=O)CCn1cccc1C=O)c1ccc(O)cc1. The third-order valence-electron chi connectivity index (χ3n) is 3.16. The molecule has 1 amide bonds. The van der Waals surface area contributed by atoms with Gasteiger partial charge < -0.3 is 14.6 Å². The molecule has 0 saturated carbocycles. The number of hydrogen-bond acceptors (Lipinski definition) is 3. The van der Waals surface area contributed by atoms with Crippen LogP contribution in [0.4, 0.5) is 5.69 Å². The number of aromatic hydroxyl groups is 1. The average Bonchev–Trinajstić information content (AvgIpc) is 2.92. The van der Waals surface area contributed by atoms with Gasteiger partial charge in [-0.2, -0.15) is 0 Å². The quantitative estimate of drug-likeness (QED) is 0.847. The fraction of sp³-hybridized carbons (Fsp3) is 0.200. The molecule has 2 rings (SSSR count). The third-order valence-corrected chi connectivity index (χ3v) is 3.16. The lowest BCUT2D eigenvalue weighted by molar-refractivity contribution is -0.118. The molecule has 0 aliphatic heterocycles. The summed E-state index contributed by atoms with van der Waals surface area (Å²) >= 11 is 0. The molecule has 0 atom stereocenters. The van der Waals surface area contributed by atoms with Crippen LogP contribution in [-0.2, 0) is 11.3 Å². The number of benzene rings is 1. The third kappa shape index (κ3) is 3.06. The minimum Gasteiger partial charge on any atom is -0.508 e. The summed E-state index contributed by atoms with van der Waals surface area (Å²) in [4.78, 5) is 24.4. The Labute approximate surface area is 117 Å². The van der Waals surface area contributed by atoms with Crippen LogP contribution < -0.4 is 4.90 Å². The molecule has 1 aromatic carbocycles. The highest BCUT2D eigenvalue weighted by atomic mass is 16.3. The van der Waals surface area contributed by atoms with E-state index in [-0.39, 0.29) is 11.7 Å². The first-order valence-corrected chi connectivity index (χ1v) is 6.27. The van der Waals surface area contributed by atoms with Gasteiger partial charge in [-0.25, -0.2) is 0 Å². The summed E-state index contributed by atoms with van der Waals surface area (Å²) in [6, 6.07) is 9.92. The smallest absolute Gasteiger partial charge is 0.228 e. The van der Waals surface area contributed by atoms with Crippen molar-refractivity contribution in [3.05, 3.63) is 48.3 Å². The predicted molar refractivity (Wildman–Crippen MR) is 76.0 cm³/mol. The van der Waals surface area contributed by atoms with Crippen molar-refractivity contribution in [1.82, 2.24) is 4.57 Å². The maximum Gasteiger partial charge on any atom is 0.228 e. The van der Waals surface area contributed by atoms with Crippen LogP contribution in [0.25, 0.3) is 0 Å². The number of phenols is 1. The Morgan fingerprint density at radius 1 is 1.30 bits per heavy atom. The molecule has 5 heteroatoms. The minimum atomic E-state index is -0.0544. The van der Waals surface area contributed by atoms with Crippen molar-refractivity contribution >= 4 is 17.9 Å². The maximum atomic E-state index is 12.1. The van der Waals surface area contributed by atoms with Crippen LogP contribution in [-0.4, -0.2) is 28.9 Å². The fourth-order valence-corrected chi connectivity index (χ4v) is 1.94. The first kappa shape index (κ1) is 13.9. The number of aromatic nitrogens is 1. The van der Waals surface area contributed by atoms with Crippen molar-refractivity contribution in [2.24, 2.45) is 0 Å². The topological polar surface area (TPSA) is 62.5 Å². The molecule has 0 aliphatic rings. The number of amides is 1. The monoisotopic (exact) mass is 272 g/mol. The van der Waals surface area contributed by atoms with Crippen molar-refractivity contribution in [2.75, 3.05) is 11.9 Å². The van der Waals surface area contributed by atoms with Crippen molar-refractivity contribution < 1.29 is 14.7 Å². The zero-order valence-electron chi connectivity index (χ0n) is 11.2. The molecule has 0 unspecified atom stereocenters. The lowest BCUT2D eigenvalue weighted by Gasteiger charge is -2.17. The van der Waals surface area contributed by atoms with Gasteiger partial charge in [-0.05, 0) is 36.4 Å². The Balaban J connectivity index is 1.98. The molecular formula is C15H16N2O3. The van der Waals surface area contributed by atoms with Crippen LogP contribution >= 0.6 is 0 Å². The van der Waals surface area contributed by atoms with Crippen molar-refractivity contribution in [3.63, 3.8) is 0 Å². The second kappa shape index (κ2) is 6.06. The molecule has 0 radical (unpaired) electrons. The Bertz CT molecular complexity index is 602. The van der Waals surface area contributed by atoms with Crippen LogP contribution in [0.2, 0.25) is 0 Å². The maximum absolute atomic E-state index is 12.1. The van der Waals surface area contributed by atoms with E-state index in [4.69, 9.17) is 0 Å². The minimum absolute atomic E-state index is 0.0544. The standard InChI is InChI=1S/C15H16N2O3/c1-16(12-4-6-14(19)7-5-12)15(20)8-10-17-9-2-3-13(17)11-18/h2-7,9,11,19H,8,10H2,1H3. The van der Waals surface area contributed by atoms with E-state index in [2.05, 4.69) is 0 Å². The number of phenolic OH excluding ortho intramolecular Hbond substituents is 1. The number of carbonyl (C=O) groups is 2. The number of hydrogen-bond donors (Lipinski definition) is 1. The van der Waals surface area contributed by atoms with Gasteiger partial charge in [-0.1, -0.05) is 0 Å². The van der Waals surface area contributed by atoms with Gasteiger partial charge in [0, 0.05) is 31.9 Å². The Hall–Kier alpha value is -2.56. The largest absolute Gasteiger partial charge is 0.508 e. The normalized spacial score (nSPS) is 10.2. The Kier molecular flexibility index (Phi) is 4.20. The van der Waals surface area contributed by atoms with Gasteiger partial charge in [0.25, 0.3) is 0 Å². The number of aryl methyl sites for hydroxylation is 1. The van der Waals surface area contributed by atoms with Gasteiger partial charge >= 0.3 is 0 Å². The average molecular weight is 272 g/mol. The molecule has 0 bridgehead atoms.